The van der Waals surface area contributed by atoms with Crippen molar-refractivity contribution in [3.63, 3.8) is 0 Å². The Morgan fingerprint density at radius 3 is 2.84 bits per heavy atom. The van der Waals surface area contributed by atoms with Gasteiger partial charge in [-0.3, -0.25) is 4.90 Å². The van der Waals surface area contributed by atoms with E-state index >= 15 is 0 Å². The van der Waals surface area contributed by atoms with E-state index in [9.17, 15) is 0 Å². The molecular formula is C16H21NOS. The van der Waals surface area contributed by atoms with Crippen LogP contribution in [0.1, 0.15) is 42.5 Å². The standard InChI is InChI=1S/C16H21NOS/c18-8-2-1-3-14-9-16(19-12-14)11-17(15-6-7-15)10-13-4-5-13/h9,12-13,15,18H,2,4-8,10-11H2. The number of aliphatic hydroxyl groups excluding tert-OH is 1. The Hall–Kier alpha value is -0.820. The zero-order chi connectivity index (χ0) is 13.1. The van der Waals surface area contributed by atoms with Gasteiger partial charge in [0.2, 0.25) is 0 Å². The van der Waals surface area contributed by atoms with Crippen molar-refractivity contribution >= 4 is 11.3 Å². The Bertz CT molecular complexity index is 476. The summed E-state index contributed by atoms with van der Waals surface area (Å²) < 4.78 is 0. The van der Waals surface area contributed by atoms with E-state index in [4.69, 9.17) is 5.11 Å². The van der Waals surface area contributed by atoms with Crippen LogP contribution in [0.5, 0.6) is 0 Å². The Balaban J connectivity index is 1.57. The van der Waals surface area contributed by atoms with Gasteiger partial charge in [-0.2, -0.15) is 0 Å². The second kappa shape index (κ2) is 6.09. The smallest absolute Gasteiger partial charge is 0.0540 e. The molecule has 3 rings (SSSR count). The third-order valence-electron chi connectivity index (χ3n) is 3.74. The molecule has 0 bridgehead atoms. The molecule has 0 atom stereocenters. The highest BCUT2D eigenvalue weighted by Crippen LogP contribution is 2.36. The van der Waals surface area contributed by atoms with Crippen molar-refractivity contribution in [2.45, 2.75) is 44.7 Å². The molecule has 1 heterocycles. The first-order valence-corrected chi connectivity index (χ1v) is 8.14. The second-order valence-corrected chi connectivity index (χ2v) is 6.68. The first kappa shape index (κ1) is 13.2. The maximum Gasteiger partial charge on any atom is 0.0540 e. The molecule has 3 heteroatoms. The fourth-order valence-corrected chi connectivity index (χ4v) is 3.20. The minimum absolute atomic E-state index is 0.154. The van der Waals surface area contributed by atoms with Crippen LogP contribution in [0.4, 0.5) is 0 Å². The van der Waals surface area contributed by atoms with Crippen molar-refractivity contribution < 1.29 is 5.11 Å². The average molecular weight is 275 g/mol. The molecule has 0 aliphatic heterocycles. The quantitative estimate of drug-likeness (QED) is 0.807. The van der Waals surface area contributed by atoms with Crippen LogP contribution in [0.15, 0.2) is 11.4 Å². The molecule has 0 unspecified atom stereocenters. The van der Waals surface area contributed by atoms with E-state index in [2.05, 4.69) is 28.2 Å². The van der Waals surface area contributed by atoms with Crippen LogP contribution in [0, 0.1) is 17.8 Å². The molecule has 1 aromatic rings. The van der Waals surface area contributed by atoms with Crippen molar-refractivity contribution in [1.82, 2.24) is 4.90 Å². The van der Waals surface area contributed by atoms with E-state index < -0.39 is 0 Å². The van der Waals surface area contributed by atoms with E-state index in [-0.39, 0.29) is 6.61 Å². The lowest BCUT2D eigenvalue weighted by Crippen LogP contribution is -2.27. The molecule has 2 aliphatic carbocycles. The minimum atomic E-state index is 0.154. The van der Waals surface area contributed by atoms with Crippen molar-refractivity contribution in [1.29, 1.82) is 0 Å². The van der Waals surface area contributed by atoms with Gasteiger partial charge in [-0.1, -0.05) is 11.8 Å². The summed E-state index contributed by atoms with van der Waals surface area (Å²) in [4.78, 5) is 4.11. The summed E-state index contributed by atoms with van der Waals surface area (Å²) in [6.07, 6.45) is 6.22. The summed E-state index contributed by atoms with van der Waals surface area (Å²) >= 11 is 1.82. The fraction of sp³-hybridized carbons (Fsp3) is 0.625. The summed E-state index contributed by atoms with van der Waals surface area (Å²) in [5, 5.41) is 10.9. The van der Waals surface area contributed by atoms with Crippen LogP contribution < -0.4 is 0 Å². The van der Waals surface area contributed by atoms with Gasteiger partial charge in [0, 0.05) is 41.4 Å². The molecule has 2 fully saturated rings. The van der Waals surface area contributed by atoms with E-state index in [1.807, 2.05) is 11.3 Å². The van der Waals surface area contributed by atoms with Crippen LogP contribution in [-0.4, -0.2) is 29.2 Å². The molecule has 19 heavy (non-hydrogen) atoms. The number of nitrogens with zero attached hydrogens (tertiary/aromatic N) is 1. The molecule has 2 saturated carbocycles. The number of thiophene rings is 1. The zero-order valence-corrected chi connectivity index (χ0v) is 12.1. The topological polar surface area (TPSA) is 23.5 Å². The van der Waals surface area contributed by atoms with Gasteiger partial charge >= 0.3 is 0 Å². The fourth-order valence-electron chi connectivity index (χ4n) is 2.36. The largest absolute Gasteiger partial charge is 0.395 e. The first-order valence-electron chi connectivity index (χ1n) is 7.26. The number of hydrogen-bond donors (Lipinski definition) is 1. The third kappa shape index (κ3) is 4.07. The molecule has 102 valence electrons. The van der Waals surface area contributed by atoms with Crippen molar-refractivity contribution in [3.05, 3.63) is 21.9 Å². The lowest BCUT2D eigenvalue weighted by Gasteiger charge is -2.20. The van der Waals surface area contributed by atoms with Gasteiger partial charge in [-0.25, -0.2) is 0 Å². The Kier molecular flexibility index (Phi) is 4.22. The molecule has 0 spiro atoms. The number of rotatable bonds is 6. The second-order valence-electron chi connectivity index (χ2n) is 5.68. The van der Waals surface area contributed by atoms with Gasteiger partial charge in [0.25, 0.3) is 0 Å². The van der Waals surface area contributed by atoms with Gasteiger partial charge < -0.3 is 5.11 Å². The normalized spacial score (nSPS) is 18.4. The summed E-state index contributed by atoms with van der Waals surface area (Å²) in [5.74, 6) is 7.08. The summed E-state index contributed by atoms with van der Waals surface area (Å²) in [6.45, 7) is 2.56. The van der Waals surface area contributed by atoms with Gasteiger partial charge in [-0.15, -0.1) is 11.3 Å². The van der Waals surface area contributed by atoms with E-state index in [1.165, 1.54) is 37.1 Å². The highest BCUT2D eigenvalue weighted by Gasteiger charge is 2.33. The van der Waals surface area contributed by atoms with Crippen LogP contribution >= 0.6 is 11.3 Å². The average Bonchev–Trinajstić information content (AvgIpc) is 3.30. The maximum atomic E-state index is 8.72. The lowest BCUT2D eigenvalue weighted by molar-refractivity contribution is 0.246. The molecule has 0 saturated heterocycles. The van der Waals surface area contributed by atoms with Crippen molar-refractivity contribution in [2.75, 3.05) is 13.2 Å². The highest BCUT2D eigenvalue weighted by molar-refractivity contribution is 7.10. The van der Waals surface area contributed by atoms with Crippen LogP contribution in [-0.2, 0) is 6.54 Å². The molecule has 0 radical (unpaired) electrons. The minimum Gasteiger partial charge on any atom is -0.395 e. The van der Waals surface area contributed by atoms with Gasteiger partial charge in [0.05, 0.1) is 6.61 Å². The van der Waals surface area contributed by atoms with Crippen LogP contribution in [0.2, 0.25) is 0 Å². The highest BCUT2D eigenvalue weighted by atomic mass is 32.1. The van der Waals surface area contributed by atoms with Crippen molar-refractivity contribution in [2.24, 2.45) is 5.92 Å². The summed E-state index contributed by atoms with van der Waals surface area (Å²) in [7, 11) is 0. The molecular weight excluding hydrogens is 254 g/mol. The first-order chi connectivity index (χ1) is 9.35. The monoisotopic (exact) mass is 275 g/mol. The Labute approximate surface area is 119 Å². The van der Waals surface area contributed by atoms with E-state index in [1.54, 1.807) is 0 Å². The van der Waals surface area contributed by atoms with E-state index in [0.717, 1.165) is 24.1 Å². The zero-order valence-electron chi connectivity index (χ0n) is 11.3. The predicted octanol–water partition coefficient (Wildman–Crippen LogP) is 2.86. The molecule has 2 nitrogen and oxygen atoms in total. The Morgan fingerprint density at radius 2 is 2.16 bits per heavy atom. The molecule has 1 N–H and O–H groups in total. The molecule has 1 aromatic heterocycles. The van der Waals surface area contributed by atoms with Crippen LogP contribution in [0.25, 0.3) is 0 Å². The molecule has 0 amide bonds. The third-order valence-corrected chi connectivity index (χ3v) is 4.66. The SMILES string of the molecule is OCCC#Cc1csc(CN(CC2CC2)C2CC2)c1. The van der Waals surface area contributed by atoms with Gasteiger partial charge in [0.1, 0.15) is 0 Å². The van der Waals surface area contributed by atoms with Crippen LogP contribution in [0.3, 0.4) is 0 Å². The van der Waals surface area contributed by atoms with Crippen molar-refractivity contribution in [3.8, 4) is 11.8 Å². The maximum absolute atomic E-state index is 8.72. The summed E-state index contributed by atoms with van der Waals surface area (Å²) in [6, 6.07) is 3.07. The summed E-state index contributed by atoms with van der Waals surface area (Å²) in [5.41, 5.74) is 1.11. The predicted molar refractivity (Wildman–Crippen MR) is 79.1 cm³/mol. The Morgan fingerprint density at radius 1 is 1.32 bits per heavy atom. The molecule has 0 aromatic carbocycles. The number of aliphatic hydroxyl groups is 1. The van der Waals surface area contributed by atoms with Gasteiger partial charge in [-0.05, 0) is 37.7 Å². The molecule has 2 aliphatic rings. The van der Waals surface area contributed by atoms with E-state index in [0.29, 0.717) is 6.42 Å². The number of hydrogen-bond acceptors (Lipinski definition) is 3. The van der Waals surface area contributed by atoms with Gasteiger partial charge in [0.15, 0.2) is 0 Å². The lowest BCUT2D eigenvalue weighted by atomic mass is 10.2.